The molecule has 4 heteroatoms. The number of carbonyl (C=O) groups is 1. The van der Waals surface area contributed by atoms with Crippen molar-refractivity contribution in [2.24, 2.45) is 5.92 Å². The van der Waals surface area contributed by atoms with Crippen LogP contribution in [0, 0.1) is 5.92 Å². The number of aromatic nitrogens is 1. The molecule has 1 aromatic carbocycles. The molecule has 3 rings (SSSR count). The number of aliphatic hydroxyl groups excluding tert-OH is 1. The Hall–Kier alpha value is -1.81. The lowest BCUT2D eigenvalue weighted by Gasteiger charge is -2.31. The van der Waals surface area contributed by atoms with Gasteiger partial charge in [0.15, 0.2) is 0 Å². The number of carbonyl (C=O) groups excluding carboxylic acids is 1. The van der Waals surface area contributed by atoms with Crippen LogP contribution in [0.4, 0.5) is 0 Å². The topological polar surface area (TPSA) is 56.3 Å². The molecular formula is C18H24N2O2. The number of nitrogens with one attached hydrogen (secondary N) is 1. The fourth-order valence-electron chi connectivity index (χ4n) is 3.29. The number of benzene rings is 1. The average Bonchev–Trinajstić information content (AvgIpc) is 2.98. The third kappa shape index (κ3) is 3.33. The fourth-order valence-corrected chi connectivity index (χ4v) is 3.29. The van der Waals surface area contributed by atoms with Gasteiger partial charge in [-0.05, 0) is 43.2 Å². The van der Waals surface area contributed by atoms with Crippen LogP contribution >= 0.6 is 0 Å². The molecule has 0 unspecified atom stereocenters. The Morgan fingerprint density at radius 3 is 2.82 bits per heavy atom. The lowest BCUT2D eigenvalue weighted by Crippen LogP contribution is -2.39. The number of aliphatic hydroxyl groups is 1. The van der Waals surface area contributed by atoms with E-state index >= 15 is 0 Å². The van der Waals surface area contributed by atoms with E-state index in [-0.39, 0.29) is 12.5 Å². The predicted molar refractivity (Wildman–Crippen MR) is 87.6 cm³/mol. The second-order valence-corrected chi connectivity index (χ2v) is 6.22. The highest BCUT2D eigenvalue weighted by Crippen LogP contribution is 2.21. The van der Waals surface area contributed by atoms with Crippen molar-refractivity contribution < 1.29 is 9.90 Å². The number of amides is 1. The van der Waals surface area contributed by atoms with Crippen LogP contribution in [0.1, 0.15) is 31.2 Å². The Kier molecular flexibility index (Phi) is 4.78. The van der Waals surface area contributed by atoms with Gasteiger partial charge in [-0.1, -0.05) is 18.2 Å². The smallest absolute Gasteiger partial charge is 0.222 e. The molecule has 1 aliphatic heterocycles. The normalized spacial score (nSPS) is 16.3. The maximum atomic E-state index is 12.2. The summed E-state index contributed by atoms with van der Waals surface area (Å²) >= 11 is 0. The van der Waals surface area contributed by atoms with Crippen LogP contribution in [-0.2, 0) is 11.2 Å². The molecule has 2 N–H and O–H groups in total. The van der Waals surface area contributed by atoms with Gasteiger partial charge < -0.3 is 15.0 Å². The van der Waals surface area contributed by atoms with Crippen molar-refractivity contribution in [2.75, 3.05) is 19.7 Å². The number of likely N-dealkylation sites (tertiary alicyclic amines) is 1. The van der Waals surface area contributed by atoms with E-state index in [2.05, 4.69) is 29.4 Å². The van der Waals surface area contributed by atoms with Crippen LogP contribution in [0.15, 0.2) is 30.5 Å². The van der Waals surface area contributed by atoms with Crippen LogP contribution in [0.5, 0.6) is 0 Å². The second kappa shape index (κ2) is 6.97. The zero-order chi connectivity index (χ0) is 15.4. The van der Waals surface area contributed by atoms with Crippen molar-refractivity contribution in [3.05, 3.63) is 36.0 Å². The van der Waals surface area contributed by atoms with Crippen molar-refractivity contribution in [3.8, 4) is 0 Å². The third-order valence-corrected chi connectivity index (χ3v) is 4.74. The molecular weight excluding hydrogens is 276 g/mol. The van der Waals surface area contributed by atoms with Crippen molar-refractivity contribution in [3.63, 3.8) is 0 Å². The van der Waals surface area contributed by atoms with E-state index in [9.17, 15) is 4.79 Å². The summed E-state index contributed by atoms with van der Waals surface area (Å²) in [7, 11) is 0. The van der Waals surface area contributed by atoms with E-state index in [1.165, 1.54) is 10.9 Å². The van der Waals surface area contributed by atoms with Crippen molar-refractivity contribution in [1.29, 1.82) is 0 Å². The van der Waals surface area contributed by atoms with Gasteiger partial charge in [0.2, 0.25) is 5.91 Å². The molecule has 0 saturated carbocycles. The molecule has 1 aliphatic rings. The number of nitrogens with zero attached hydrogens (tertiary/aromatic N) is 1. The average molecular weight is 300 g/mol. The molecule has 2 heterocycles. The van der Waals surface area contributed by atoms with E-state index in [1.807, 2.05) is 11.0 Å². The van der Waals surface area contributed by atoms with Crippen LogP contribution in [0.3, 0.4) is 0 Å². The number of aryl methyl sites for hydroxylation is 1. The summed E-state index contributed by atoms with van der Waals surface area (Å²) in [5, 5.41) is 10.4. The van der Waals surface area contributed by atoms with Crippen molar-refractivity contribution >= 4 is 16.8 Å². The van der Waals surface area contributed by atoms with E-state index in [4.69, 9.17) is 5.11 Å². The lowest BCUT2D eigenvalue weighted by atomic mass is 9.97. The SMILES string of the molecule is O=C(CCCc1c[nH]c2ccccc12)N1CCC(CO)CC1. The van der Waals surface area contributed by atoms with E-state index in [1.54, 1.807) is 0 Å². The van der Waals surface area contributed by atoms with E-state index < -0.39 is 0 Å². The first-order valence-electron chi connectivity index (χ1n) is 8.21. The Morgan fingerprint density at radius 2 is 2.05 bits per heavy atom. The minimum absolute atomic E-state index is 0.253. The van der Waals surface area contributed by atoms with Gasteiger partial charge in [0.1, 0.15) is 0 Å². The quantitative estimate of drug-likeness (QED) is 0.892. The first-order chi connectivity index (χ1) is 10.8. The molecule has 0 aliphatic carbocycles. The Labute approximate surface area is 131 Å². The molecule has 2 aromatic rings. The van der Waals surface area contributed by atoms with Crippen LogP contribution in [-0.4, -0.2) is 40.6 Å². The summed E-state index contributed by atoms with van der Waals surface area (Å²) in [6, 6.07) is 8.29. The number of fused-ring (bicyclic) bond motifs is 1. The number of hydrogen-bond donors (Lipinski definition) is 2. The highest BCUT2D eigenvalue weighted by Gasteiger charge is 2.21. The molecule has 4 nitrogen and oxygen atoms in total. The highest BCUT2D eigenvalue weighted by atomic mass is 16.3. The number of aromatic amines is 1. The van der Waals surface area contributed by atoms with Gasteiger partial charge >= 0.3 is 0 Å². The summed E-state index contributed by atoms with van der Waals surface area (Å²) in [4.78, 5) is 17.5. The minimum Gasteiger partial charge on any atom is -0.396 e. The molecule has 0 bridgehead atoms. The summed E-state index contributed by atoms with van der Waals surface area (Å²) in [5.41, 5.74) is 2.46. The molecule has 0 radical (unpaired) electrons. The standard InChI is InChI=1S/C18H24N2O2/c21-13-14-8-10-20(11-9-14)18(22)7-3-4-15-12-19-17-6-2-1-5-16(15)17/h1-2,5-6,12,14,19,21H,3-4,7-11,13H2. The molecule has 0 spiro atoms. The lowest BCUT2D eigenvalue weighted by molar-refractivity contribution is -0.132. The maximum Gasteiger partial charge on any atom is 0.222 e. The predicted octanol–water partition coefficient (Wildman–Crippen LogP) is 2.72. The third-order valence-electron chi connectivity index (χ3n) is 4.74. The zero-order valence-electron chi connectivity index (χ0n) is 12.9. The number of H-pyrrole nitrogens is 1. The number of para-hydroxylation sites is 1. The first kappa shape index (κ1) is 15.1. The van der Waals surface area contributed by atoms with Gasteiger partial charge in [-0.25, -0.2) is 0 Å². The van der Waals surface area contributed by atoms with Gasteiger partial charge in [0.25, 0.3) is 0 Å². The highest BCUT2D eigenvalue weighted by molar-refractivity contribution is 5.83. The van der Waals surface area contributed by atoms with Gasteiger partial charge in [0.05, 0.1) is 0 Å². The molecule has 1 amide bonds. The molecule has 0 atom stereocenters. The molecule has 118 valence electrons. The maximum absolute atomic E-state index is 12.2. The Bertz CT molecular complexity index is 627. The number of piperidine rings is 1. The second-order valence-electron chi connectivity index (χ2n) is 6.22. The monoisotopic (exact) mass is 300 g/mol. The summed E-state index contributed by atoms with van der Waals surface area (Å²) in [5.74, 6) is 0.645. The molecule has 1 saturated heterocycles. The van der Waals surface area contributed by atoms with Gasteiger partial charge in [-0.3, -0.25) is 4.79 Å². The van der Waals surface area contributed by atoms with Crippen LogP contribution < -0.4 is 0 Å². The molecule has 1 aromatic heterocycles. The summed E-state index contributed by atoms with van der Waals surface area (Å²) in [6.07, 6.45) is 6.37. The Balaban J connectivity index is 1.48. The Morgan fingerprint density at radius 1 is 1.27 bits per heavy atom. The minimum atomic E-state index is 0.253. The summed E-state index contributed by atoms with van der Waals surface area (Å²) < 4.78 is 0. The number of hydrogen-bond acceptors (Lipinski definition) is 2. The fraction of sp³-hybridized carbons (Fsp3) is 0.500. The van der Waals surface area contributed by atoms with Crippen LogP contribution in [0.2, 0.25) is 0 Å². The van der Waals surface area contributed by atoms with E-state index in [0.717, 1.165) is 44.3 Å². The van der Waals surface area contributed by atoms with E-state index in [0.29, 0.717) is 12.3 Å². The first-order valence-corrected chi connectivity index (χ1v) is 8.21. The van der Waals surface area contributed by atoms with Gasteiger partial charge in [0, 0.05) is 43.2 Å². The molecule has 22 heavy (non-hydrogen) atoms. The summed E-state index contributed by atoms with van der Waals surface area (Å²) in [6.45, 7) is 1.86. The van der Waals surface area contributed by atoms with Crippen molar-refractivity contribution in [2.45, 2.75) is 32.1 Å². The van der Waals surface area contributed by atoms with Crippen molar-refractivity contribution in [1.82, 2.24) is 9.88 Å². The molecule has 1 fully saturated rings. The van der Waals surface area contributed by atoms with Gasteiger partial charge in [-0.2, -0.15) is 0 Å². The van der Waals surface area contributed by atoms with Crippen LogP contribution in [0.25, 0.3) is 10.9 Å². The number of rotatable bonds is 5. The largest absolute Gasteiger partial charge is 0.396 e. The zero-order valence-corrected chi connectivity index (χ0v) is 12.9. The van der Waals surface area contributed by atoms with Gasteiger partial charge in [-0.15, -0.1) is 0 Å².